The van der Waals surface area contributed by atoms with Crippen LogP contribution in [0.5, 0.6) is 17.4 Å². The van der Waals surface area contributed by atoms with Crippen LogP contribution >= 0.6 is 11.8 Å². The van der Waals surface area contributed by atoms with E-state index in [2.05, 4.69) is 24.5 Å². The quantitative estimate of drug-likeness (QED) is 0.511. The first-order chi connectivity index (χ1) is 15.8. The summed E-state index contributed by atoms with van der Waals surface area (Å²) in [7, 11) is 0. The normalized spacial score (nSPS) is 19.2. The molecule has 5 rings (SSSR count). The predicted molar refractivity (Wildman–Crippen MR) is 111 cm³/mol. The SMILES string of the molecule is CSc1nc2nc(C)cc(OCC3CN(C(=O)c4cccc5c4OC(F)(F)O5)CCO3)n2n1. The van der Waals surface area contributed by atoms with Gasteiger partial charge in [-0.05, 0) is 25.3 Å². The molecule has 10 nitrogen and oxygen atoms in total. The van der Waals surface area contributed by atoms with Crippen molar-refractivity contribution in [3.8, 4) is 17.4 Å². The molecule has 0 saturated carbocycles. The van der Waals surface area contributed by atoms with E-state index in [4.69, 9.17) is 9.47 Å². The summed E-state index contributed by atoms with van der Waals surface area (Å²) in [5, 5.41) is 4.92. The van der Waals surface area contributed by atoms with Crippen LogP contribution in [0.15, 0.2) is 29.4 Å². The summed E-state index contributed by atoms with van der Waals surface area (Å²) < 4.78 is 49.2. The van der Waals surface area contributed by atoms with Crippen LogP contribution in [0.2, 0.25) is 0 Å². The van der Waals surface area contributed by atoms with Gasteiger partial charge in [-0.3, -0.25) is 4.79 Å². The van der Waals surface area contributed by atoms with Crippen molar-refractivity contribution in [2.24, 2.45) is 0 Å². The van der Waals surface area contributed by atoms with Crippen LogP contribution in [-0.2, 0) is 4.74 Å². The molecule has 1 unspecified atom stereocenters. The fraction of sp³-hybridized carbons (Fsp3) is 0.400. The summed E-state index contributed by atoms with van der Waals surface area (Å²) in [4.78, 5) is 23.2. The number of aryl methyl sites for hydroxylation is 1. The molecule has 174 valence electrons. The maximum absolute atomic E-state index is 13.5. The van der Waals surface area contributed by atoms with Crippen LogP contribution in [0.25, 0.3) is 5.78 Å². The number of benzene rings is 1. The lowest BCUT2D eigenvalue weighted by atomic mass is 10.1. The summed E-state index contributed by atoms with van der Waals surface area (Å²) in [5.74, 6) is -0.0195. The lowest BCUT2D eigenvalue weighted by Gasteiger charge is -2.33. The van der Waals surface area contributed by atoms with Crippen LogP contribution < -0.4 is 14.2 Å². The van der Waals surface area contributed by atoms with Crippen LogP contribution in [0.1, 0.15) is 16.1 Å². The number of carbonyl (C=O) groups is 1. The number of halogens is 2. The Labute approximate surface area is 190 Å². The Morgan fingerprint density at radius 1 is 1.33 bits per heavy atom. The third-order valence-corrected chi connectivity index (χ3v) is 5.61. The average Bonchev–Trinajstić information content (AvgIpc) is 3.35. The van der Waals surface area contributed by atoms with Gasteiger partial charge in [0, 0.05) is 18.3 Å². The smallest absolute Gasteiger partial charge is 0.475 e. The van der Waals surface area contributed by atoms with Crippen molar-refractivity contribution in [3.05, 3.63) is 35.5 Å². The highest BCUT2D eigenvalue weighted by atomic mass is 32.2. The number of hydrogen-bond donors (Lipinski definition) is 0. The van der Waals surface area contributed by atoms with Gasteiger partial charge in [0.2, 0.25) is 11.0 Å². The molecule has 0 radical (unpaired) electrons. The van der Waals surface area contributed by atoms with E-state index in [0.717, 1.165) is 5.69 Å². The topological polar surface area (TPSA) is 100 Å². The molecule has 1 amide bonds. The number of thioether (sulfide) groups is 1. The second-order valence-corrected chi connectivity index (χ2v) is 8.17. The van der Waals surface area contributed by atoms with E-state index >= 15 is 0 Å². The monoisotopic (exact) mass is 479 g/mol. The molecule has 1 aromatic carbocycles. The highest BCUT2D eigenvalue weighted by molar-refractivity contribution is 7.98. The lowest BCUT2D eigenvalue weighted by Crippen LogP contribution is -2.47. The molecule has 4 heterocycles. The number of para-hydroxylation sites is 1. The Morgan fingerprint density at radius 2 is 2.18 bits per heavy atom. The number of amides is 1. The fourth-order valence-electron chi connectivity index (χ4n) is 3.62. The van der Waals surface area contributed by atoms with Gasteiger partial charge in [0.1, 0.15) is 12.7 Å². The summed E-state index contributed by atoms with van der Waals surface area (Å²) in [6.45, 7) is 2.75. The van der Waals surface area contributed by atoms with Crippen molar-refractivity contribution in [2.75, 3.05) is 32.6 Å². The zero-order valence-corrected chi connectivity index (χ0v) is 18.5. The van der Waals surface area contributed by atoms with Crippen LogP contribution in [0.4, 0.5) is 8.78 Å². The molecule has 13 heteroatoms. The Bertz CT molecular complexity index is 1220. The number of hydrogen-bond acceptors (Lipinski definition) is 9. The van der Waals surface area contributed by atoms with E-state index in [1.807, 2.05) is 13.2 Å². The van der Waals surface area contributed by atoms with Gasteiger partial charge in [-0.2, -0.15) is 9.50 Å². The molecule has 3 aromatic rings. The minimum Gasteiger partial charge on any atom is -0.475 e. The average molecular weight is 479 g/mol. The zero-order chi connectivity index (χ0) is 23.2. The Kier molecular flexibility index (Phi) is 5.44. The number of carbonyl (C=O) groups excluding carboxylic acids is 1. The lowest BCUT2D eigenvalue weighted by molar-refractivity contribution is -0.286. The summed E-state index contributed by atoms with van der Waals surface area (Å²) in [6, 6.07) is 5.96. The highest BCUT2D eigenvalue weighted by Crippen LogP contribution is 2.43. The summed E-state index contributed by atoms with van der Waals surface area (Å²) >= 11 is 1.39. The molecule has 33 heavy (non-hydrogen) atoms. The molecule has 1 saturated heterocycles. The van der Waals surface area contributed by atoms with Crippen LogP contribution in [0.3, 0.4) is 0 Å². The van der Waals surface area contributed by atoms with Crippen molar-refractivity contribution in [3.63, 3.8) is 0 Å². The number of rotatable bonds is 5. The maximum Gasteiger partial charge on any atom is 0.586 e. The van der Waals surface area contributed by atoms with Crippen molar-refractivity contribution < 1.29 is 32.5 Å². The largest absolute Gasteiger partial charge is 0.586 e. The van der Waals surface area contributed by atoms with Crippen LogP contribution in [-0.4, -0.2) is 75.3 Å². The zero-order valence-electron chi connectivity index (χ0n) is 17.7. The van der Waals surface area contributed by atoms with Gasteiger partial charge in [-0.25, -0.2) is 4.98 Å². The molecule has 2 aromatic heterocycles. The number of alkyl halides is 2. The highest BCUT2D eigenvalue weighted by Gasteiger charge is 2.45. The van der Waals surface area contributed by atoms with E-state index in [-0.39, 0.29) is 36.8 Å². The standard InChI is InChI=1S/C20H19F2N5O5S/c1-11-8-15(27-18(23-11)24-19(25-27)33-2)30-10-12-9-26(6-7-29-12)17(28)13-4-3-5-14-16(13)32-20(21,22)31-14/h3-5,8,12H,6-7,9-10H2,1-2H3. The fourth-order valence-corrected chi connectivity index (χ4v) is 3.95. The number of morpholine rings is 1. The molecule has 2 aliphatic heterocycles. The van der Waals surface area contributed by atoms with E-state index in [9.17, 15) is 13.6 Å². The predicted octanol–water partition coefficient (Wildman–Crippen LogP) is 2.40. The maximum atomic E-state index is 13.5. The second-order valence-electron chi connectivity index (χ2n) is 7.40. The van der Waals surface area contributed by atoms with Crippen molar-refractivity contribution in [1.29, 1.82) is 0 Å². The van der Waals surface area contributed by atoms with Crippen molar-refractivity contribution >= 4 is 23.4 Å². The molecule has 0 spiro atoms. The molecular formula is C20H19F2N5O5S. The summed E-state index contributed by atoms with van der Waals surface area (Å²) in [6.07, 6.45) is -2.37. The van der Waals surface area contributed by atoms with Gasteiger partial charge >= 0.3 is 6.29 Å². The third kappa shape index (κ3) is 4.25. The van der Waals surface area contributed by atoms with E-state index in [1.165, 1.54) is 39.4 Å². The minimum absolute atomic E-state index is 0.00456. The van der Waals surface area contributed by atoms with E-state index < -0.39 is 18.3 Å². The van der Waals surface area contributed by atoms with Gasteiger partial charge in [-0.15, -0.1) is 13.9 Å². The molecular weight excluding hydrogens is 460 g/mol. The van der Waals surface area contributed by atoms with Gasteiger partial charge in [-0.1, -0.05) is 17.8 Å². The van der Waals surface area contributed by atoms with E-state index in [0.29, 0.717) is 23.4 Å². The van der Waals surface area contributed by atoms with Crippen molar-refractivity contribution in [2.45, 2.75) is 24.5 Å². The van der Waals surface area contributed by atoms with Crippen LogP contribution in [0, 0.1) is 6.92 Å². The first kappa shape index (κ1) is 21.6. The Morgan fingerprint density at radius 3 is 3.00 bits per heavy atom. The molecule has 0 bridgehead atoms. The second kappa shape index (κ2) is 8.30. The molecule has 0 N–H and O–H groups in total. The number of ether oxygens (including phenoxy) is 4. The van der Waals surface area contributed by atoms with E-state index in [1.54, 1.807) is 6.07 Å². The van der Waals surface area contributed by atoms with Gasteiger partial charge in [0.05, 0.1) is 18.7 Å². The minimum atomic E-state index is -3.80. The number of nitrogens with zero attached hydrogens (tertiary/aromatic N) is 5. The molecule has 1 atom stereocenters. The Balaban J connectivity index is 1.29. The number of aromatic nitrogens is 4. The number of fused-ring (bicyclic) bond motifs is 2. The summed E-state index contributed by atoms with van der Waals surface area (Å²) in [5.41, 5.74) is 0.723. The van der Waals surface area contributed by atoms with Gasteiger partial charge < -0.3 is 23.8 Å². The molecule has 2 aliphatic rings. The van der Waals surface area contributed by atoms with Gasteiger partial charge in [0.15, 0.2) is 11.5 Å². The van der Waals surface area contributed by atoms with Crippen molar-refractivity contribution in [1.82, 2.24) is 24.5 Å². The third-order valence-electron chi connectivity index (χ3n) is 5.07. The first-order valence-corrected chi connectivity index (χ1v) is 11.3. The Hall–Kier alpha value is -3.19. The first-order valence-electron chi connectivity index (χ1n) is 10.0. The van der Waals surface area contributed by atoms with Gasteiger partial charge in [0.25, 0.3) is 11.7 Å². The molecule has 0 aliphatic carbocycles. The molecule has 1 fully saturated rings.